The summed E-state index contributed by atoms with van der Waals surface area (Å²) in [5.74, 6) is 1.22. The van der Waals surface area contributed by atoms with Gasteiger partial charge in [-0.15, -0.1) is 5.10 Å². The molecule has 128 valence electrons. The van der Waals surface area contributed by atoms with E-state index in [0.29, 0.717) is 29.7 Å². The quantitative estimate of drug-likeness (QED) is 0.892. The average Bonchev–Trinajstić information content (AvgIpc) is 3.03. The Hall–Kier alpha value is -2.12. The molecule has 7 nitrogen and oxygen atoms in total. The first kappa shape index (κ1) is 16.7. The molecule has 2 aromatic heterocycles. The van der Waals surface area contributed by atoms with Crippen molar-refractivity contribution >= 4 is 23.4 Å². The van der Waals surface area contributed by atoms with Gasteiger partial charge in [-0.3, -0.25) is 5.32 Å². The van der Waals surface area contributed by atoms with Crippen molar-refractivity contribution in [2.24, 2.45) is 5.92 Å². The van der Waals surface area contributed by atoms with Crippen molar-refractivity contribution in [3.05, 3.63) is 35.6 Å². The molecule has 1 atom stereocenters. The van der Waals surface area contributed by atoms with E-state index in [1.54, 1.807) is 42.4 Å². The molecular weight excluding hydrogens is 330 g/mol. The fourth-order valence-electron chi connectivity index (χ4n) is 2.83. The van der Waals surface area contributed by atoms with E-state index in [0.717, 1.165) is 12.8 Å². The van der Waals surface area contributed by atoms with Crippen molar-refractivity contribution in [2.45, 2.75) is 25.9 Å². The number of piperidine rings is 1. The molecule has 8 heteroatoms. The maximum Gasteiger partial charge on any atom is 0.323 e. The third kappa shape index (κ3) is 3.68. The Morgan fingerprint density at radius 1 is 1.42 bits per heavy atom. The van der Waals surface area contributed by atoms with E-state index in [9.17, 15) is 9.90 Å². The molecule has 0 aliphatic carbocycles. The molecule has 2 aromatic rings. The molecule has 1 aliphatic heterocycles. The zero-order valence-corrected chi connectivity index (χ0v) is 14.1. The monoisotopic (exact) mass is 349 g/mol. The summed E-state index contributed by atoms with van der Waals surface area (Å²) in [4.78, 5) is 18.2. The zero-order valence-electron chi connectivity index (χ0n) is 13.4. The molecule has 1 fully saturated rings. The summed E-state index contributed by atoms with van der Waals surface area (Å²) in [6.07, 6.45) is 4.62. The molecule has 1 unspecified atom stereocenters. The predicted octanol–water partition coefficient (Wildman–Crippen LogP) is 2.55. The summed E-state index contributed by atoms with van der Waals surface area (Å²) in [6.45, 7) is 3.07. The van der Waals surface area contributed by atoms with Crippen LogP contribution in [0.3, 0.4) is 0 Å². The number of amides is 2. The molecule has 24 heavy (non-hydrogen) atoms. The number of anilines is 1. The summed E-state index contributed by atoms with van der Waals surface area (Å²) in [5, 5.41) is 17.2. The van der Waals surface area contributed by atoms with Gasteiger partial charge < -0.3 is 10.0 Å². The number of likely N-dealkylation sites (tertiary alicyclic amines) is 1. The van der Waals surface area contributed by atoms with Crippen LogP contribution in [0.1, 0.15) is 19.8 Å². The number of rotatable bonds is 3. The third-order valence-electron chi connectivity index (χ3n) is 4.29. The highest BCUT2D eigenvalue weighted by atomic mass is 35.5. The number of pyridine rings is 1. The van der Waals surface area contributed by atoms with Crippen LogP contribution in [-0.2, 0) is 0 Å². The lowest BCUT2D eigenvalue weighted by atomic mass is 9.92. The average molecular weight is 350 g/mol. The van der Waals surface area contributed by atoms with Crippen molar-refractivity contribution in [1.82, 2.24) is 19.7 Å². The lowest BCUT2D eigenvalue weighted by Gasteiger charge is -2.33. The van der Waals surface area contributed by atoms with Gasteiger partial charge in [0.25, 0.3) is 0 Å². The second-order valence-corrected chi connectivity index (χ2v) is 6.36. The predicted molar refractivity (Wildman–Crippen MR) is 91.4 cm³/mol. The highest BCUT2D eigenvalue weighted by Gasteiger charge is 2.25. The molecule has 3 rings (SSSR count). The molecule has 3 heterocycles. The van der Waals surface area contributed by atoms with Crippen LogP contribution in [0.15, 0.2) is 30.6 Å². The fourth-order valence-corrected chi connectivity index (χ4v) is 3.04. The maximum absolute atomic E-state index is 12.3. The van der Waals surface area contributed by atoms with Crippen LogP contribution in [0, 0.1) is 5.92 Å². The lowest BCUT2D eigenvalue weighted by Crippen LogP contribution is -2.42. The van der Waals surface area contributed by atoms with Gasteiger partial charge in [0.2, 0.25) is 0 Å². The number of halogens is 1. The van der Waals surface area contributed by atoms with Crippen LogP contribution in [0.4, 0.5) is 10.6 Å². The Kier molecular flexibility index (Phi) is 5.01. The Balaban J connectivity index is 1.61. The molecule has 0 aromatic carbocycles. The minimum Gasteiger partial charge on any atom is -0.393 e. The Bertz CT molecular complexity index is 710. The number of nitrogens with one attached hydrogen (secondary N) is 1. The van der Waals surface area contributed by atoms with E-state index in [2.05, 4.69) is 15.4 Å². The number of nitrogens with zero attached hydrogens (tertiary/aromatic N) is 4. The summed E-state index contributed by atoms with van der Waals surface area (Å²) < 4.78 is 1.53. The van der Waals surface area contributed by atoms with E-state index < -0.39 is 0 Å². The van der Waals surface area contributed by atoms with Gasteiger partial charge in [0.05, 0.1) is 11.1 Å². The molecular formula is C16H20ClN5O2. The normalized spacial score (nSPS) is 16.9. The van der Waals surface area contributed by atoms with Crippen LogP contribution in [0.5, 0.6) is 0 Å². The number of aromatic nitrogens is 3. The SMILES string of the molecule is CC(O)C1CCN(C(=O)Nc2ccn(-c3ncccc3Cl)n2)CC1. The third-order valence-corrected chi connectivity index (χ3v) is 4.58. The number of carbonyl (C=O) groups excluding carboxylic acids is 1. The lowest BCUT2D eigenvalue weighted by molar-refractivity contribution is 0.0820. The molecule has 2 N–H and O–H groups in total. The van der Waals surface area contributed by atoms with Crippen molar-refractivity contribution in [2.75, 3.05) is 18.4 Å². The van der Waals surface area contributed by atoms with Crippen molar-refractivity contribution in [3.8, 4) is 5.82 Å². The first-order valence-electron chi connectivity index (χ1n) is 7.95. The minimum atomic E-state index is -0.325. The second-order valence-electron chi connectivity index (χ2n) is 5.95. The molecule has 2 amide bonds. The number of hydrogen-bond acceptors (Lipinski definition) is 4. The Morgan fingerprint density at radius 3 is 2.83 bits per heavy atom. The Labute approximate surface area is 145 Å². The standard InChI is InChI=1S/C16H20ClN5O2/c1-11(23)12-4-8-21(9-5-12)16(24)19-14-6-10-22(20-14)15-13(17)3-2-7-18-15/h2-3,6-7,10-12,23H,4-5,8-9H2,1H3,(H,19,20,24). The van der Waals surface area contributed by atoms with Gasteiger partial charge >= 0.3 is 6.03 Å². The fraction of sp³-hybridized carbons (Fsp3) is 0.438. The van der Waals surface area contributed by atoms with Gasteiger partial charge in [-0.1, -0.05) is 11.6 Å². The largest absolute Gasteiger partial charge is 0.393 e. The summed E-state index contributed by atoms with van der Waals surface area (Å²) in [5.41, 5.74) is 0. The van der Waals surface area contributed by atoms with E-state index in [-0.39, 0.29) is 18.1 Å². The number of aliphatic hydroxyl groups is 1. The van der Waals surface area contributed by atoms with Crippen molar-refractivity contribution < 1.29 is 9.90 Å². The summed E-state index contributed by atoms with van der Waals surface area (Å²) in [6, 6.07) is 4.99. The van der Waals surface area contributed by atoms with Crippen LogP contribution in [0.2, 0.25) is 5.02 Å². The van der Waals surface area contributed by atoms with Crippen LogP contribution in [0.25, 0.3) is 5.82 Å². The summed E-state index contributed by atoms with van der Waals surface area (Å²) >= 11 is 6.10. The highest BCUT2D eigenvalue weighted by Crippen LogP contribution is 2.21. The van der Waals surface area contributed by atoms with Crippen LogP contribution in [-0.4, -0.2) is 50.0 Å². The molecule has 1 aliphatic rings. The first-order chi connectivity index (χ1) is 11.5. The zero-order chi connectivity index (χ0) is 17.1. The van der Waals surface area contributed by atoms with E-state index >= 15 is 0 Å². The van der Waals surface area contributed by atoms with E-state index in [1.165, 1.54) is 4.68 Å². The van der Waals surface area contributed by atoms with Crippen molar-refractivity contribution in [3.63, 3.8) is 0 Å². The first-order valence-corrected chi connectivity index (χ1v) is 8.33. The highest BCUT2D eigenvalue weighted by molar-refractivity contribution is 6.32. The van der Waals surface area contributed by atoms with Crippen molar-refractivity contribution in [1.29, 1.82) is 0 Å². The van der Waals surface area contributed by atoms with Gasteiger partial charge in [-0.25, -0.2) is 14.5 Å². The number of hydrogen-bond donors (Lipinski definition) is 2. The van der Waals surface area contributed by atoms with Gasteiger partial charge in [-0.2, -0.15) is 0 Å². The maximum atomic E-state index is 12.3. The number of carbonyl (C=O) groups is 1. The molecule has 0 saturated carbocycles. The minimum absolute atomic E-state index is 0.184. The molecule has 0 radical (unpaired) electrons. The van der Waals surface area contributed by atoms with Gasteiger partial charge in [0.15, 0.2) is 11.6 Å². The van der Waals surface area contributed by atoms with Gasteiger partial charge in [0.1, 0.15) is 0 Å². The molecule has 0 bridgehead atoms. The van der Waals surface area contributed by atoms with Crippen LogP contribution < -0.4 is 5.32 Å². The summed E-state index contributed by atoms with van der Waals surface area (Å²) in [7, 11) is 0. The smallest absolute Gasteiger partial charge is 0.323 e. The van der Waals surface area contributed by atoms with E-state index in [1.807, 2.05) is 0 Å². The topological polar surface area (TPSA) is 83.3 Å². The van der Waals surface area contributed by atoms with E-state index in [4.69, 9.17) is 11.6 Å². The van der Waals surface area contributed by atoms with Gasteiger partial charge in [-0.05, 0) is 37.8 Å². The van der Waals surface area contributed by atoms with Gasteiger partial charge in [0, 0.05) is 31.5 Å². The van der Waals surface area contributed by atoms with Crippen LogP contribution >= 0.6 is 11.6 Å². The number of aliphatic hydroxyl groups excluding tert-OH is 1. The Morgan fingerprint density at radius 2 is 2.17 bits per heavy atom. The number of urea groups is 1. The molecule has 1 saturated heterocycles. The molecule has 0 spiro atoms. The second kappa shape index (κ2) is 7.19.